The van der Waals surface area contributed by atoms with E-state index in [-0.39, 0.29) is 47.9 Å². The quantitative estimate of drug-likeness (QED) is 0.382. The number of alkyl halides is 6. The number of anilines is 1. The van der Waals surface area contributed by atoms with E-state index in [1.165, 1.54) is 22.6 Å². The number of aromatic amines is 1. The Labute approximate surface area is 230 Å². The zero-order valence-electron chi connectivity index (χ0n) is 20.5. The molecule has 0 saturated carbocycles. The van der Waals surface area contributed by atoms with E-state index in [4.69, 9.17) is 12.2 Å². The van der Waals surface area contributed by atoms with E-state index >= 15 is 0 Å². The number of piperazine rings is 1. The van der Waals surface area contributed by atoms with Crippen LogP contribution in [0.15, 0.2) is 70.5 Å². The van der Waals surface area contributed by atoms with Gasteiger partial charge in [-0.15, -0.1) is 0 Å². The zero-order chi connectivity index (χ0) is 29.5. The monoisotopic (exact) mass is 607 g/mol. The highest BCUT2D eigenvalue weighted by Gasteiger charge is 2.71. The summed E-state index contributed by atoms with van der Waals surface area (Å²) in [5, 5.41) is 9.71. The fourth-order valence-corrected chi connectivity index (χ4v) is 6.79. The van der Waals surface area contributed by atoms with Crippen LogP contribution in [0.5, 0.6) is 0 Å². The number of sulfonamides is 1. The maximum Gasteiger partial charge on any atom is 0.430 e. The van der Waals surface area contributed by atoms with Gasteiger partial charge in [-0.1, -0.05) is 36.5 Å². The summed E-state index contributed by atoms with van der Waals surface area (Å²) in [7, 11) is -4.01. The molecule has 1 aliphatic carbocycles. The molecule has 2 aliphatic rings. The van der Waals surface area contributed by atoms with Crippen molar-refractivity contribution in [2.75, 3.05) is 24.5 Å². The highest BCUT2D eigenvalue weighted by atomic mass is 32.2. The molecule has 2 aromatic rings. The van der Waals surface area contributed by atoms with Gasteiger partial charge in [0.25, 0.3) is 5.60 Å². The number of allylic oxidation sites excluding steroid dienone is 4. The maximum absolute atomic E-state index is 13.4. The van der Waals surface area contributed by atoms with Crippen LogP contribution in [0.25, 0.3) is 0 Å². The van der Waals surface area contributed by atoms with Gasteiger partial charge in [0.2, 0.25) is 15.6 Å². The number of hydrogen-bond donors (Lipinski definition) is 2. The molecule has 1 aliphatic heterocycles. The van der Waals surface area contributed by atoms with Crippen LogP contribution in [0.4, 0.5) is 32.0 Å². The maximum atomic E-state index is 13.4. The second kappa shape index (κ2) is 10.8. The fraction of sp³-hybridized carbons (Fsp3) is 0.360. The largest absolute Gasteiger partial charge is 0.430 e. The standard InChI is InChI=1S/C25H23F6N3O4S2/c26-24(27,28)23(36,25(29,30)31)17-5-7-18(8-6-17)34-12-11-33(40(37,38)21-4-2-1-3-20(21)39)15-19(34)13-16-9-10-32-22(35)14-16/h1-2,4-10,14,19,36H,3,11-13,15H2,(H,32,35)/t19-/m0/s1. The van der Waals surface area contributed by atoms with Crippen LogP contribution in [0.3, 0.4) is 0 Å². The topological polar surface area (TPSA) is 93.7 Å². The molecular weight excluding hydrogens is 584 g/mol. The van der Waals surface area contributed by atoms with Gasteiger partial charge >= 0.3 is 12.4 Å². The minimum atomic E-state index is -6.03. The molecule has 7 nitrogen and oxygen atoms in total. The van der Waals surface area contributed by atoms with Gasteiger partial charge in [-0.25, -0.2) is 8.42 Å². The molecule has 216 valence electrons. The number of rotatable bonds is 6. The Hall–Kier alpha value is -3.01. The first kappa shape index (κ1) is 30.0. The van der Waals surface area contributed by atoms with Gasteiger partial charge in [-0.3, -0.25) is 4.79 Å². The Balaban J connectivity index is 1.69. The van der Waals surface area contributed by atoms with E-state index in [1.807, 2.05) is 0 Å². The van der Waals surface area contributed by atoms with Crippen LogP contribution in [0, 0.1) is 0 Å². The Morgan fingerprint density at radius 3 is 2.25 bits per heavy atom. The Kier molecular flexibility index (Phi) is 8.06. The van der Waals surface area contributed by atoms with Gasteiger partial charge in [0.05, 0.1) is 4.91 Å². The molecule has 1 aromatic carbocycles. The Morgan fingerprint density at radius 2 is 1.68 bits per heavy atom. The van der Waals surface area contributed by atoms with E-state index in [0.29, 0.717) is 17.7 Å². The highest BCUT2D eigenvalue weighted by Crippen LogP contribution is 2.50. The molecule has 0 spiro atoms. The summed E-state index contributed by atoms with van der Waals surface area (Å²) in [6, 6.07) is 5.36. The van der Waals surface area contributed by atoms with Crippen LogP contribution in [-0.4, -0.2) is 65.7 Å². The Morgan fingerprint density at radius 1 is 1.02 bits per heavy atom. The summed E-state index contributed by atoms with van der Waals surface area (Å²) in [6.07, 6.45) is -5.53. The molecule has 0 amide bonds. The van der Waals surface area contributed by atoms with Crippen LogP contribution < -0.4 is 10.5 Å². The van der Waals surface area contributed by atoms with Crippen molar-refractivity contribution in [3.63, 3.8) is 0 Å². The van der Waals surface area contributed by atoms with Crippen molar-refractivity contribution >= 4 is 32.8 Å². The van der Waals surface area contributed by atoms with Gasteiger partial charge < -0.3 is 15.0 Å². The zero-order valence-corrected chi connectivity index (χ0v) is 22.2. The van der Waals surface area contributed by atoms with Gasteiger partial charge in [0.1, 0.15) is 0 Å². The summed E-state index contributed by atoms with van der Waals surface area (Å²) in [4.78, 5) is 16.2. The van der Waals surface area contributed by atoms with Gasteiger partial charge in [0, 0.05) is 60.5 Å². The number of nitrogens with one attached hydrogen (secondary N) is 1. The molecule has 0 bridgehead atoms. The number of thiocarbonyl (C=S) groups is 1. The van der Waals surface area contributed by atoms with Crippen LogP contribution in [0.1, 0.15) is 17.5 Å². The average Bonchev–Trinajstić information content (AvgIpc) is 2.87. The average molecular weight is 608 g/mol. The minimum absolute atomic E-state index is 0.0173. The number of pyridine rings is 1. The molecule has 1 saturated heterocycles. The first-order valence-electron chi connectivity index (χ1n) is 11.9. The lowest BCUT2D eigenvalue weighted by molar-refractivity contribution is -0.376. The number of H-pyrrole nitrogens is 1. The fourth-order valence-electron chi connectivity index (χ4n) is 4.72. The predicted molar refractivity (Wildman–Crippen MR) is 139 cm³/mol. The SMILES string of the molecule is O=c1cc(C[C@H]2CN(S(=O)(=O)C3=CC=CCC3=S)CCN2c2ccc(C(O)(C(F)(F)F)C(F)(F)F)cc2)cc[nH]1. The van der Waals surface area contributed by atoms with Crippen LogP contribution >= 0.6 is 12.2 Å². The molecule has 1 aromatic heterocycles. The third-order valence-corrected chi connectivity index (χ3v) is 9.24. The van der Waals surface area contributed by atoms with Crippen LogP contribution in [0.2, 0.25) is 0 Å². The number of halogens is 6. The van der Waals surface area contributed by atoms with E-state index in [2.05, 4.69) is 4.98 Å². The predicted octanol–water partition coefficient (Wildman–Crippen LogP) is 3.96. The number of aromatic nitrogens is 1. The second-order valence-electron chi connectivity index (χ2n) is 9.31. The van der Waals surface area contributed by atoms with Crippen LogP contribution in [-0.2, 0) is 22.0 Å². The third-order valence-electron chi connectivity index (χ3n) is 6.77. The summed E-state index contributed by atoms with van der Waals surface area (Å²) in [5.74, 6) is 0. The lowest BCUT2D eigenvalue weighted by Gasteiger charge is -2.43. The summed E-state index contributed by atoms with van der Waals surface area (Å²) in [6.45, 7) is -0.116. The first-order chi connectivity index (χ1) is 18.6. The molecule has 2 heterocycles. The van der Waals surface area contributed by atoms with Gasteiger partial charge in [0.15, 0.2) is 0 Å². The van der Waals surface area contributed by atoms with E-state index in [1.54, 1.807) is 23.1 Å². The second-order valence-corrected chi connectivity index (χ2v) is 11.7. The van der Waals surface area contributed by atoms with Crippen molar-refractivity contribution in [2.24, 2.45) is 0 Å². The van der Waals surface area contributed by atoms with E-state index < -0.39 is 45.1 Å². The van der Waals surface area contributed by atoms with Crippen molar-refractivity contribution in [1.29, 1.82) is 0 Å². The number of benzene rings is 1. The molecule has 2 N–H and O–H groups in total. The highest BCUT2D eigenvalue weighted by molar-refractivity contribution is 7.96. The van der Waals surface area contributed by atoms with Crippen molar-refractivity contribution < 1.29 is 39.9 Å². The van der Waals surface area contributed by atoms with E-state index in [9.17, 15) is 44.7 Å². The number of nitrogens with zero attached hydrogens (tertiary/aromatic N) is 2. The van der Waals surface area contributed by atoms with Crippen molar-refractivity contribution in [2.45, 2.75) is 36.8 Å². The van der Waals surface area contributed by atoms with Crippen molar-refractivity contribution in [3.8, 4) is 0 Å². The lowest BCUT2D eigenvalue weighted by atomic mass is 9.92. The van der Waals surface area contributed by atoms with Gasteiger partial charge in [-0.2, -0.15) is 30.6 Å². The van der Waals surface area contributed by atoms with Crippen molar-refractivity contribution in [1.82, 2.24) is 9.29 Å². The summed E-state index contributed by atoms with van der Waals surface area (Å²) in [5.41, 5.74) is -6.14. The number of aliphatic hydroxyl groups is 1. The smallest absolute Gasteiger partial charge is 0.369 e. The molecule has 0 unspecified atom stereocenters. The molecule has 4 rings (SSSR count). The normalized spacial score (nSPS) is 19.6. The molecule has 0 radical (unpaired) electrons. The Bertz CT molecular complexity index is 1480. The molecule has 15 heteroatoms. The first-order valence-corrected chi connectivity index (χ1v) is 13.7. The van der Waals surface area contributed by atoms with Gasteiger partial charge in [-0.05, 0) is 36.3 Å². The van der Waals surface area contributed by atoms with Crippen molar-refractivity contribution in [3.05, 3.63) is 87.2 Å². The number of hydrogen-bond acceptors (Lipinski definition) is 6. The summed E-state index contributed by atoms with van der Waals surface area (Å²) >= 11 is 5.23. The lowest BCUT2D eigenvalue weighted by Crippen LogP contribution is -2.56. The molecular formula is C25H23F6N3O4S2. The molecule has 1 atom stereocenters. The minimum Gasteiger partial charge on any atom is -0.369 e. The molecule has 40 heavy (non-hydrogen) atoms. The molecule has 1 fully saturated rings. The van der Waals surface area contributed by atoms with E-state index in [0.717, 1.165) is 12.1 Å². The summed E-state index contributed by atoms with van der Waals surface area (Å²) < 4.78 is 108. The third kappa shape index (κ3) is 5.60.